The van der Waals surface area contributed by atoms with Crippen LogP contribution in [0.1, 0.15) is 12.8 Å². The molecular weight excluding hydrogens is 370 g/mol. The van der Waals surface area contributed by atoms with Crippen molar-refractivity contribution in [2.24, 2.45) is 5.73 Å². The fraction of sp³-hybridized carbons (Fsp3) is 0.600. The molecule has 0 saturated heterocycles. The summed E-state index contributed by atoms with van der Waals surface area (Å²) in [6.45, 7) is -0.827. The van der Waals surface area contributed by atoms with E-state index in [4.69, 9.17) is 15.9 Å². The van der Waals surface area contributed by atoms with Crippen molar-refractivity contribution in [1.82, 2.24) is 9.62 Å². The monoisotopic (exact) mass is 387 g/mol. The predicted octanol–water partition coefficient (Wildman–Crippen LogP) is -2.03. The Morgan fingerprint density at radius 2 is 1.87 bits per heavy atom. The van der Waals surface area contributed by atoms with Crippen molar-refractivity contribution in [2.45, 2.75) is 24.9 Å². The van der Waals surface area contributed by atoms with E-state index in [1.54, 1.807) is 0 Å². The molecule has 3 atom stereocenters. The highest BCUT2D eigenvalue weighted by atomic mass is 32.8. The van der Waals surface area contributed by atoms with Crippen molar-refractivity contribution in [3.63, 3.8) is 0 Å². The molecule has 0 bridgehead atoms. The largest absolute Gasteiger partial charge is 0.480 e. The van der Waals surface area contributed by atoms with E-state index in [1.165, 1.54) is 0 Å². The second-order valence-corrected chi connectivity index (χ2v) is 6.45. The summed E-state index contributed by atoms with van der Waals surface area (Å²) in [6.07, 6.45) is -0.387. The first kappa shape index (κ1) is 21.7. The number of carboxylic acids is 2. The maximum atomic E-state index is 12.1. The molecule has 0 heterocycles. The third-order valence-corrected chi connectivity index (χ3v) is 4.12. The van der Waals surface area contributed by atoms with Gasteiger partial charge in [0.15, 0.2) is 0 Å². The number of rotatable bonds is 10. The Morgan fingerprint density at radius 3 is 2.26 bits per heavy atom. The maximum absolute atomic E-state index is 12.1. The number of carbonyl (C=O) groups excluding carboxylic acids is 2. The van der Waals surface area contributed by atoms with Crippen molar-refractivity contribution >= 4 is 57.5 Å². The van der Waals surface area contributed by atoms with Crippen LogP contribution in [0.4, 0.5) is 0 Å². The minimum Gasteiger partial charge on any atom is -0.480 e. The molecule has 0 aromatic carbocycles. The van der Waals surface area contributed by atoms with Gasteiger partial charge in [-0.3, -0.25) is 19.2 Å². The van der Waals surface area contributed by atoms with Gasteiger partial charge in [-0.25, -0.2) is 4.31 Å². The number of hydrogen-bond acceptors (Lipinski definition) is 7. The Labute approximate surface area is 144 Å². The second kappa shape index (κ2) is 10.5. The number of hydrogen-bond donors (Lipinski definition) is 6. The van der Waals surface area contributed by atoms with Crippen LogP contribution >= 0.6 is 12.6 Å². The number of amides is 2. The van der Waals surface area contributed by atoms with Gasteiger partial charge in [-0.05, 0) is 6.42 Å². The molecule has 6 N–H and O–H groups in total. The van der Waals surface area contributed by atoms with E-state index in [-0.39, 0.29) is 18.6 Å². The smallest absolute Gasteiger partial charge is 0.324 e. The van der Waals surface area contributed by atoms with Gasteiger partial charge in [-0.15, -0.1) is 0 Å². The summed E-state index contributed by atoms with van der Waals surface area (Å²) >= 11 is 8.38. The zero-order chi connectivity index (χ0) is 18.2. The lowest BCUT2D eigenvalue weighted by Crippen LogP contribution is -2.51. The Balaban J connectivity index is 4.76. The van der Waals surface area contributed by atoms with E-state index in [0.717, 1.165) is 0 Å². The summed E-state index contributed by atoms with van der Waals surface area (Å²) in [7, 11) is -2.05. The average Bonchev–Trinajstić information content (AvgIpc) is 2.46. The van der Waals surface area contributed by atoms with Gasteiger partial charge < -0.3 is 25.8 Å². The first-order chi connectivity index (χ1) is 10.6. The van der Waals surface area contributed by atoms with Crippen LogP contribution < -0.4 is 11.1 Å². The number of carboxylic acid groups (broad SMARTS) is 2. The number of nitrogens with two attached hydrogens (primary N) is 1. The Kier molecular flexibility index (Phi) is 9.90. The van der Waals surface area contributed by atoms with Crippen molar-refractivity contribution in [3.05, 3.63) is 0 Å². The average molecular weight is 387 g/mol. The quantitative estimate of drug-likeness (QED) is 0.231. The van der Waals surface area contributed by atoms with Crippen LogP contribution in [0.2, 0.25) is 0 Å². The summed E-state index contributed by atoms with van der Waals surface area (Å²) in [5.41, 5.74) is 5.25. The molecule has 10 nitrogen and oxygen atoms in total. The summed E-state index contributed by atoms with van der Waals surface area (Å²) in [5.74, 6) is -4.38. The minimum absolute atomic E-state index is 0.140. The molecule has 23 heavy (non-hydrogen) atoms. The molecule has 0 aliphatic rings. The second-order valence-electron chi connectivity index (χ2n) is 4.29. The van der Waals surface area contributed by atoms with Crippen LogP contribution in [0.5, 0.6) is 0 Å². The first-order valence-corrected chi connectivity index (χ1v) is 8.82. The highest BCUT2D eigenvalue weighted by Crippen LogP contribution is 2.03. The number of nitrogens with one attached hydrogen (secondary N) is 1. The summed E-state index contributed by atoms with van der Waals surface area (Å²) < 4.78 is 9.83. The number of carbonyl (C=O) groups is 4. The zero-order valence-electron chi connectivity index (χ0n) is 11.7. The minimum atomic E-state index is -2.05. The lowest BCUT2D eigenvalue weighted by Gasteiger charge is -2.24. The van der Waals surface area contributed by atoms with E-state index >= 15 is 0 Å². The van der Waals surface area contributed by atoms with Crippen molar-refractivity contribution in [3.8, 4) is 0 Å². The Hall–Kier alpha value is -1.28. The van der Waals surface area contributed by atoms with E-state index in [0.29, 0.717) is 4.31 Å². The van der Waals surface area contributed by atoms with Crippen LogP contribution in [0.3, 0.4) is 0 Å². The molecule has 2 amide bonds. The zero-order valence-corrected chi connectivity index (χ0v) is 14.3. The molecule has 0 aromatic rings. The molecule has 0 radical (unpaired) electrons. The first-order valence-electron chi connectivity index (χ1n) is 6.12. The molecule has 0 spiro atoms. The van der Waals surface area contributed by atoms with Crippen molar-refractivity contribution in [1.29, 1.82) is 0 Å². The Morgan fingerprint density at radius 1 is 1.30 bits per heavy atom. The predicted molar refractivity (Wildman–Crippen MR) is 87.3 cm³/mol. The molecule has 0 rings (SSSR count). The SMILES string of the molecule is NC(CCC(=O)NC(CS)C(=O)N(CC(=O)O)S(O)=S)C(=O)O. The molecule has 0 aliphatic heterocycles. The van der Waals surface area contributed by atoms with E-state index in [2.05, 4.69) is 29.1 Å². The molecule has 0 saturated carbocycles. The molecule has 3 unspecified atom stereocenters. The van der Waals surface area contributed by atoms with Crippen molar-refractivity contribution < 1.29 is 33.9 Å². The summed E-state index contributed by atoms with van der Waals surface area (Å²) in [4.78, 5) is 45.0. The van der Waals surface area contributed by atoms with Crippen LogP contribution in [0.15, 0.2) is 0 Å². The molecule has 0 aliphatic carbocycles. The van der Waals surface area contributed by atoms with E-state index in [9.17, 15) is 23.7 Å². The highest BCUT2D eigenvalue weighted by Gasteiger charge is 2.28. The standard InChI is InChI=1S/C10H17N3O7S3/c11-5(10(18)19)1-2-7(14)12-6(4-21)9(17)13(23(20)22)3-8(15)16/h5-6,21H,1-4,11H2,(H,12,14)(H,15,16)(H,18,19)(H,20,22). The van der Waals surface area contributed by atoms with E-state index < -0.39 is 52.3 Å². The Bertz CT molecular complexity index is 502. The van der Waals surface area contributed by atoms with Gasteiger partial charge in [0.05, 0.1) is 0 Å². The van der Waals surface area contributed by atoms with Crippen molar-refractivity contribution in [2.75, 3.05) is 12.3 Å². The molecule has 0 aromatic heterocycles. The van der Waals surface area contributed by atoms with Crippen LogP contribution in [0, 0.1) is 0 Å². The van der Waals surface area contributed by atoms with Gasteiger partial charge in [0.1, 0.15) is 28.5 Å². The van der Waals surface area contributed by atoms with Gasteiger partial charge in [-0.2, -0.15) is 12.6 Å². The normalized spacial score (nSPS) is 14.4. The third kappa shape index (κ3) is 8.22. The summed E-state index contributed by atoms with van der Waals surface area (Å²) in [6, 6.07) is -2.43. The number of aliphatic carboxylic acids is 2. The third-order valence-electron chi connectivity index (χ3n) is 2.53. The highest BCUT2D eigenvalue weighted by molar-refractivity contribution is 8.24. The van der Waals surface area contributed by atoms with E-state index in [1.807, 2.05) is 0 Å². The lowest BCUT2D eigenvalue weighted by molar-refractivity contribution is -0.141. The molecular formula is C10H17N3O7S3. The molecule has 0 fully saturated rings. The van der Waals surface area contributed by atoms with Crippen LogP contribution in [0.25, 0.3) is 0 Å². The van der Waals surface area contributed by atoms with Gasteiger partial charge in [0, 0.05) is 23.4 Å². The fourth-order valence-electron chi connectivity index (χ4n) is 1.37. The van der Waals surface area contributed by atoms with Gasteiger partial charge in [0.25, 0.3) is 5.91 Å². The lowest BCUT2D eigenvalue weighted by atomic mass is 10.1. The molecule has 132 valence electrons. The van der Waals surface area contributed by atoms with Crippen LogP contribution in [-0.2, 0) is 40.3 Å². The van der Waals surface area contributed by atoms with Crippen LogP contribution in [-0.4, -0.2) is 67.2 Å². The van der Waals surface area contributed by atoms with Gasteiger partial charge in [0.2, 0.25) is 5.91 Å². The fourth-order valence-corrected chi connectivity index (χ4v) is 2.50. The van der Waals surface area contributed by atoms with Gasteiger partial charge >= 0.3 is 11.9 Å². The topological polar surface area (TPSA) is 170 Å². The maximum Gasteiger partial charge on any atom is 0.324 e. The number of nitrogens with zero attached hydrogens (tertiary/aromatic N) is 1. The molecule has 13 heteroatoms. The summed E-state index contributed by atoms with van der Waals surface area (Å²) in [5, 5.41) is 19.6. The number of thiol groups is 1. The van der Waals surface area contributed by atoms with Gasteiger partial charge in [-0.1, -0.05) is 0 Å².